The third-order valence-electron chi connectivity index (χ3n) is 2.71. The number of anilines is 1. The van der Waals surface area contributed by atoms with E-state index < -0.39 is 0 Å². The number of hydrogen-bond acceptors (Lipinski definition) is 4. The molecule has 0 aliphatic rings. The molecule has 5 nitrogen and oxygen atoms in total. The molecule has 0 aliphatic heterocycles. The van der Waals surface area contributed by atoms with Gasteiger partial charge in [-0.3, -0.25) is 0 Å². The van der Waals surface area contributed by atoms with Gasteiger partial charge in [0.05, 0.1) is 6.33 Å². The van der Waals surface area contributed by atoms with Crippen LogP contribution in [0.15, 0.2) is 12.7 Å². The molecule has 2 rings (SSSR count). The topological polar surface area (TPSA) is 69.6 Å². The fourth-order valence-electron chi connectivity index (χ4n) is 1.79. The molecule has 0 radical (unpaired) electrons. The van der Waals surface area contributed by atoms with E-state index in [4.69, 9.17) is 5.73 Å². The number of nitrogens with two attached hydrogens (primary N) is 1. The number of rotatable bonds is 6. The molecule has 2 aromatic rings. The van der Waals surface area contributed by atoms with Gasteiger partial charge in [-0.2, -0.15) is 0 Å². The van der Waals surface area contributed by atoms with Gasteiger partial charge in [-0.15, -0.1) is 0 Å². The lowest BCUT2D eigenvalue weighted by Crippen LogP contribution is -1.99. The van der Waals surface area contributed by atoms with Crippen LogP contribution in [0.3, 0.4) is 0 Å². The van der Waals surface area contributed by atoms with Crippen molar-refractivity contribution in [3.63, 3.8) is 0 Å². The summed E-state index contributed by atoms with van der Waals surface area (Å²) < 4.78 is 2.04. The molecule has 17 heavy (non-hydrogen) atoms. The van der Waals surface area contributed by atoms with Crippen molar-refractivity contribution in [1.82, 2.24) is 19.5 Å². The van der Waals surface area contributed by atoms with Crippen molar-refractivity contribution in [1.29, 1.82) is 0 Å². The van der Waals surface area contributed by atoms with Gasteiger partial charge in [0.1, 0.15) is 11.8 Å². The van der Waals surface area contributed by atoms with E-state index in [2.05, 4.69) is 30.9 Å². The van der Waals surface area contributed by atoms with Crippen molar-refractivity contribution < 1.29 is 0 Å². The van der Waals surface area contributed by atoms with Crippen LogP contribution in [0.1, 0.15) is 25.7 Å². The number of nitrogens with zero attached hydrogens (tertiary/aromatic N) is 4. The third-order valence-corrected chi connectivity index (χ3v) is 3.27. The first kappa shape index (κ1) is 12.3. The molecule has 2 aromatic heterocycles. The van der Waals surface area contributed by atoms with Gasteiger partial charge in [0.2, 0.25) is 0 Å². The van der Waals surface area contributed by atoms with Crippen molar-refractivity contribution in [2.24, 2.45) is 0 Å². The van der Waals surface area contributed by atoms with Crippen LogP contribution in [-0.2, 0) is 6.54 Å². The van der Waals surface area contributed by atoms with Gasteiger partial charge in [-0.25, -0.2) is 15.0 Å². The molecule has 0 spiro atoms. The van der Waals surface area contributed by atoms with Crippen LogP contribution in [0.2, 0.25) is 0 Å². The zero-order valence-electron chi connectivity index (χ0n) is 9.64. The van der Waals surface area contributed by atoms with Gasteiger partial charge in [0, 0.05) is 11.9 Å². The number of halogens is 1. The summed E-state index contributed by atoms with van der Waals surface area (Å²) in [5, 5.41) is 1.09. The second kappa shape index (κ2) is 5.95. The first-order chi connectivity index (χ1) is 8.33. The van der Waals surface area contributed by atoms with Crippen LogP contribution < -0.4 is 5.73 Å². The van der Waals surface area contributed by atoms with Crippen LogP contribution in [0.25, 0.3) is 11.2 Å². The fourth-order valence-corrected chi connectivity index (χ4v) is 2.19. The molecular weight excluding hydrogens is 282 g/mol. The molecule has 0 unspecified atom stereocenters. The standard InChI is InChI=1S/C11H16BrN5/c12-5-3-1-2-4-6-17-8-16-9-10(13)14-7-15-11(9)17/h7-8H,1-6H2,(H2,13,14,15). The summed E-state index contributed by atoms with van der Waals surface area (Å²) in [4.78, 5) is 12.4. The van der Waals surface area contributed by atoms with E-state index in [1.54, 1.807) is 6.33 Å². The van der Waals surface area contributed by atoms with Crippen molar-refractivity contribution >= 4 is 32.9 Å². The Kier molecular flexibility index (Phi) is 4.30. The Labute approximate surface area is 109 Å². The lowest BCUT2D eigenvalue weighted by molar-refractivity contribution is 0.591. The van der Waals surface area contributed by atoms with Gasteiger partial charge >= 0.3 is 0 Å². The van der Waals surface area contributed by atoms with Crippen molar-refractivity contribution in [3.05, 3.63) is 12.7 Å². The van der Waals surface area contributed by atoms with E-state index in [1.165, 1.54) is 25.6 Å². The number of aromatic nitrogens is 4. The van der Waals surface area contributed by atoms with E-state index in [-0.39, 0.29) is 0 Å². The molecule has 0 bridgehead atoms. The number of hydrogen-bond donors (Lipinski definition) is 1. The average Bonchev–Trinajstić information content (AvgIpc) is 2.74. The molecule has 6 heteroatoms. The zero-order valence-corrected chi connectivity index (χ0v) is 11.2. The number of fused-ring (bicyclic) bond motifs is 1. The maximum absolute atomic E-state index is 5.73. The molecule has 0 saturated heterocycles. The van der Waals surface area contributed by atoms with E-state index in [0.29, 0.717) is 11.3 Å². The number of imidazole rings is 1. The van der Waals surface area contributed by atoms with Crippen molar-refractivity contribution in [2.45, 2.75) is 32.2 Å². The molecule has 2 N–H and O–H groups in total. The molecule has 0 fully saturated rings. The fraction of sp³-hybridized carbons (Fsp3) is 0.545. The first-order valence-corrected chi connectivity index (χ1v) is 6.92. The highest BCUT2D eigenvalue weighted by Crippen LogP contribution is 2.15. The van der Waals surface area contributed by atoms with Crippen LogP contribution in [0, 0.1) is 0 Å². The van der Waals surface area contributed by atoms with E-state index in [9.17, 15) is 0 Å². The minimum atomic E-state index is 0.452. The average molecular weight is 298 g/mol. The predicted octanol–water partition coefficient (Wildman–Crippen LogP) is 2.36. The lowest BCUT2D eigenvalue weighted by atomic mass is 10.2. The van der Waals surface area contributed by atoms with Crippen LogP contribution in [0.4, 0.5) is 5.82 Å². The molecular formula is C11H16BrN5. The smallest absolute Gasteiger partial charge is 0.165 e. The summed E-state index contributed by atoms with van der Waals surface area (Å²) in [5.41, 5.74) is 7.27. The quantitative estimate of drug-likeness (QED) is 0.656. The Hall–Kier alpha value is -1.17. The molecule has 0 amide bonds. The number of unbranched alkanes of at least 4 members (excludes halogenated alkanes) is 3. The summed E-state index contributed by atoms with van der Waals surface area (Å²) >= 11 is 3.43. The highest BCUT2D eigenvalue weighted by atomic mass is 79.9. The monoisotopic (exact) mass is 297 g/mol. The van der Waals surface area contributed by atoms with Crippen LogP contribution >= 0.6 is 15.9 Å². The van der Waals surface area contributed by atoms with Crippen molar-refractivity contribution in [3.8, 4) is 0 Å². The maximum Gasteiger partial charge on any atom is 0.165 e. The van der Waals surface area contributed by atoms with Gasteiger partial charge < -0.3 is 10.3 Å². The minimum Gasteiger partial charge on any atom is -0.382 e. The summed E-state index contributed by atoms with van der Waals surface area (Å²) in [6.45, 7) is 0.940. The number of aryl methyl sites for hydroxylation is 1. The Bertz CT molecular complexity index is 482. The normalized spacial score (nSPS) is 11.1. The number of alkyl halides is 1. The predicted molar refractivity (Wildman–Crippen MR) is 72.0 cm³/mol. The molecule has 0 aromatic carbocycles. The lowest BCUT2D eigenvalue weighted by Gasteiger charge is -2.03. The van der Waals surface area contributed by atoms with Crippen LogP contribution in [0.5, 0.6) is 0 Å². The Morgan fingerprint density at radius 2 is 1.94 bits per heavy atom. The molecule has 0 aliphatic carbocycles. The molecule has 92 valence electrons. The van der Waals surface area contributed by atoms with Crippen LogP contribution in [-0.4, -0.2) is 24.8 Å². The Morgan fingerprint density at radius 1 is 1.12 bits per heavy atom. The van der Waals surface area contributed by atoms with E-state index >= 15 is 0 Å². The third kappa shape index (κ3) is 2.94. The zero-order chi connectivity index (χ0) is 12.1. The summed E-state index contributed by atoms with van der Waals surface area (Å²) in [6.07, 6.45) is 8.14. The minimum absolute atomic E-state index is 0.452. The largest absolute Gasteiger partial charge is 0.382 e. The molecule has 0 saturated carbocycles. The second-order valence-electron chi connectivity index (χ2n) is 3.97. The van der Waals surface area contributed by atoms with Gasteiger partial charge in [0.15, 0.2) is 11.5 Å². The Morgan fingerprint density at radius 3 is 2.76 bits per heavy atom. The SMILES string of the molecule is Nc1ncnc2c1ncn2CCCCCCBr. The summed E-state index contributed by atoms with van der Waals surface area (Å²) in [5.74, 6) is 0.452. The summed E-state index contributed by atoms with van der Waals surface area (Å²) in [7, 11) is 0. The maximum atomic E-state index is 5.73. The number of nitrogen functional groups attached to an aromatic ring is 1. The van der Waals surface area contributed by atoms with Gasteiger partial charge in [-0.05, 0) is 12.8 Å². The highest BCUT2D eigenvalue weighted by molar-refractivity contribution is 9.09. The molecule has 2 heterocycles. The van der Waals surface area contributed by atoms with Gasteiger partial charge in [0.25, 0.3) is 0 Å². The molecule has 0 atom stereocenters. The highest BCUT2D eigenvalue weighted by Gasteiger charge is 2.06. The first-order valence-electron chi connectivity index (χ1n) is 5.80. The van der Waals surface area contributed by atoms with E-state index in [0.717, 1.165) is 23.9 Å². The van der Waals surface area contributed by atoms with Crippen molar-refractivity contribution in [2.75, 3.05) is 11.1 Å². The van der Waals surface area contributed by atoms with E-state index in [1.807, 2.05) is 4.57 Å². The van der Waals surface area contributed by atoms with Gasteiger partial charge in [-0.1, -0.05) is 28.8 Å². The summed E-state index contributed by atoms with van der Waals surface area (Å²) in [6, 6.07) is 0. The Balaban J connectivity index is 1.97. The second-order valence-corrected chi connectivity index (χ2v) is 4.77.